The number of hydrogen-bond donors (Lipinski definition) is 2. The van der Waals surface area contributed by atoms with Gasteiger partial charge in [-0.2, -0.15) is 0 Å². The van der Waals surface area contributed by atoms with E-state index in [1.54, 1.807) is 6.08 Å². The van der Waals surface area contributed by atoms with Crippen molar-refractivity contribution in [3.05, 3.63) is 59.7 Å². The number of phenols is 2. The van der Waals surface area contributed by atoms with Gasteiger partial charge in [-0.15, -0.1) is 0 Å². The second kappa shape index (κ2) is 5.93. The van der Waals surface area contributed by atoms with Gasteiger partial charge in [0.2, 0.25) is 0 Å². The minimum Gasteiger partial charge on any atom is -0.507 e. The zero-order valence-electron chi connectivity index (χ0n) is 10.9. The first-order valence-corrected chi connectivity index (χ1v) is 5.99. The Morgan fingerprint density at radius 2 is 1.70 bits per heavy atom. The van der Waals surface area contributed by atoms with Crippen LogP contribution in [0.15, 0.2) is 48.5 Å². The van der Waals surface area contributed by atoms with Gasteiger partial charge < -0.3 is 14.9 Å². The smallest absolute Gasteiger partial charge is 0.193 e. The van der Waals surface area contributed by atoms with Gasteiger partial charge in [0.1, 0.15) is 22.8 Å². The highest BCUT2D eigenvalue weighted by Crippen LogP contribution is 2.33. The highest BCUT2D eigenvalue weighted by molar-refractivity contribution is 6.10. The van der Waals surface area contributed by atoms with Crippen molar-refractivity contribution in [3.63, 3.8) is 0 Å². The first-order valence-electron chi connectivity index (χ1n) is 5.99. The maximum Gasteiger partial charge on any atom is 0.193 e. The summed E-state index contributed by atoms with van der Waals surface area (Å²) in [6.07, 6.45) is 2.92. The van der Waals surface area contributed by atoms with E-state index >= 15 is 0 Å². The van der Waals surface area contributed by atoms with Crippen molar-refractivity contribution in [2.75, 3.05) is 7.11 Å². The fourth-order valence-corrected chi connectivity index (χ4v) is 1.78. The lowest BCUT2D eigenvalue weighted by Gasteiger charge is -2.07. The van der Waals surface area contributed by atoms with E-state index in [1.807, 2.05) is 30.3 Å². The maximum absolute atomic E-state index is 12.0. The fraction of sp³-hybridized carbons (Fsp3) is 0.0625. The molecular formula is C16H14O4. The van der Waals surface area contributed by atoms with E-state index in [2.05, 4.69) is 0 Å². The number of ketones is 1. The quantitative estimate of drug-likeness (QED) is 0.662. The van der Waals surface area contributed by atoms with E-state index in [9.17, 15) is 15.0 Å². The normalized spacial score (nSPS) is 10.7. The summed E-state index contributed by atoms with van der Waals surface area (Å²) < 4.78 is 4.89. The number of hydrogen-bond acceptors (Lipinski definition) is 4. The molecule has 2 aromatic carbocycles. The van der Waals surface area contributed by atoms with Crippen LogP contribution in [-0.2, 0) is 0 Å². The van der Waals surface area contributed by atoms with Crippen LogP contribution < -0.4 is 4.74 Å². The van der Waals surface area contributed by atoms with Crippen LogP contribution in [0, 0.1) is 0 Å². The molecular weight excluding hydrogens is 256 g/mol. The number of phenolic OH excluding ortho intramolecular Hbond substituents is 2. The third-order valence-electron chi connectivity index (χ3n) is 2.78. The number of methoxy groups -OCH3 is 1. The largest absolute Gasteiger partial charge is 0.507 e. The van der Waals surface area contributed by atoms with Crippen LogP contribution in [0.2, 0.25) is 0 Å². The van der Waals surface area contributed by atoms with Crippen molar-refractivity contribution >= 4 is 11.9 Å². The summed E-state index contributed by atoms with van der Waals surface area (Å²) >= 11 is 0. The molecule has 0 aromatic heterocycles. The standard InChI is InChI=1S/C16H14O4/c1-20-12-9-14(18)16(15(19)10-12)13(17)8-7-11-5-3-2-4-6-11/h2-10,18-19H,1H3/b8-7-. The van der Waals surface area contributed by atoms with Crippen molar-refractivity contribution in [3.8, 4) is 17.2 Å². The van der Waals surface area contributed by atoms with E-state index in [4.69, 9.17) is 4.74 Å². The zero-order chi connectivity index (χ0) is 14.5. The molecule has 0 aliphatic heterocycles. The van der Waals surface area contributed by atoms with Gasteiger partial charge in [0, 0.05) is 12.1 Å². The number of rotatable bonds is 4. The summed E-state index contributed by atoms with van der Waals surface area (Å²) in [6.45, 7) is 0. The lowest BCUT2D eigenvalue weighted by atomic mass is 10.1. The fourth-order valence-electron chi connectivity index (χ4n) is 1.78. The molecule has 0 saturated heterocycles. The molecule has 0 atom stereocenters. The first-order chi connectivity index (χ1) is 9.61. The number of benzene rings is 2. The van der Waals surface area contributed by atoms with Gasteiger partial charge in [0.25, 0.3) is 0 Å². The number of ether oxygens (including phenoxy) is 1. The molecule has 0 heterocycles. The summed E-state index contributed by atoms with van der Waals surface area (Å²) in [7, 11) is 1.41. The molecule has 0 amide bonds. The third kappa shape index (κ3) is 2.98. The molecule has 2 N–H and O–H groups in total. The highest BCUT2D eigenvalue weighted by atomic mass is 16.5. The SMILES string of the molecule is COc1cc(O)c(C(=O)/C=C\c2ccccc2)c(O)c1. The number of carbonyl (C=O) groups is 1. The zero-order valence-corrected chi connectivity index (χ0v) is 10.9. The first kappa shape index (κ1) is 13.7. The number of carbonyl (C=O) groups excluding carboxylic acids is 1. The molecule has 0 aliphatic rings. The Balaban J connectivity index is 2.28. The van der Waals surface area contributed by atoms with Crippen LogP contribution >= 0.6 is 0 Å². The highest BCUT2D eigenvalue weighted by Gasteiger charge is 2.15. The topological polar surface area (TPSA) is 66.8 Å². The molecule has 102 valence electrons. The molecule has 20 heavy (non-hydrogen) atoms. The molecule has 0 saturated carbocycles. The Bertz CT molecular complexity index is 622. The van der Waals surface area contributed by atoms with Crippen molar-refractivity contribution in [1.29, 1.82) is 0 Å². The Kier molecular flexibility index (Phi) is 4.05. The molecule has 0 bridgehead atoms. The predicted octanol–water partition coefficient (Wildman–Crippen LogP) is 3.00. The molecule has 0 unspecified atom stereocenters. The lowest BCUT2D eigenvalue weighted by Crippen LogP contribution is -1.96. The van der Waals surface area contributed by atoms with Crippen molar-refractivity contribution in [2.24, 2.45) is 0 Å². The summed E-state index contributed by atoms with van der Waals surface area (Å²) in [5.41, 5.74) is 0.714. The van der Waals surface area contributed by atoms with Gasteiger partial charge in [0.15, 0.2) is 5.78 Å². The minimum absolute atomic E-state index is 0.141. The molecule has 2 rings (SSSR count). The summed E-state index contributed by atoms with van der Waals surface area (Å²) in [6, 6.07) is 11.8. The van der Waals surface area contributed by atoms with Crippen LogP contribution in [0.3, 0.4) is 0 Å². The third-order valence-corrected chi connectivity index (χ3v) is 2.78. The second-order valence-corrected chi connectivity index (χ2v) is 4.15. The van der Waals surface area contributed by atoms with E-state index in [0.29, 0.717) is 0 Å². The Morgan fingerprint density at radius 1 is 1.10 bits per heavy atom. The van der Waals surface area contributed by atoms with Gasteiger partial charge in [-0.25, -0.2) is 0 Å². The van der Waals surface area contributed by atoms with Crippen LogP contribution in [0.4, 0.5) is 0 Å². The van der Waals surface area contributed by atoms with Crippen LogP contribution in [-0.4, -0.2) is 23.1 Å². The van der Waals surface area contributed by atoms with Crippen LogP contribution in [0.25, 0.3) is 6.08 Å². The number of allylic oxidation sites excluding steroid dienone is 1. The van der Waals surface area contributed by atoms with Gasteiger partial charge in [-0.1, -0.05) is 36.4 Å². The Labute approximate surface area is 116 Å². The summed E-state index contributed by atoms with van der Waals surface area (Å²) in [4.78, 5) is 12.0. The number of aromatic hydroxyl groups is 2. The molecule has 0 spiro atoms. The van der Waals surface area contributed by atoms with E-state index in [0.717, 1.165) is 5.56 Å². The molecule has 0 fully saturated rings. The Hall–Kier alpha value is -2.75. The lowest BCUT2D eigenvalue weighted by molar-refractivity contribution is 0.104. The van der Waals surface area contributed by atoms with Gasteiger partial charge in [0.05, 0.1) is 7.11 Å². The van der Waals surface area contributed by atoms with Crippen LogP contribution in [0.1, 0.15) is 15.9 Å². The van der Waals surface area contributed by atoms with E-state index < -0.39 is 5.78 Å². The molecule has 0 radical (unpaired) electrons. The van der Waals surface area contributed by atoms with Gasteiger partial charge in [-0.3, -0.25) is 4.79 Å². The summed E-state index contributed by atoms with van der Waals surface area (Å²) in [5, 5.41) is 19.6. The molecule has 4 heteroatoms. The van der Waals surface area contributed by atoms with E-state index in [1.165, 1.54) is 25.3 Å². The van der Waals surface area contributed by atoms with E-state index in [-0.39, 0.29) is 22.8 Å². The molecule has 2 aromatic rings. The minimum atomic E-state index is -0.480. The molecule has 4 nitrogen and oxygen atoms in total. The van der Waals surface area contributed by atoms with Gasteiger partial charge >= 0.3 is 0 Å². The van der Waals surface area contributed by atoms with Gasteiger partial charge in [-0.05, 0) is 11.6 Å². The predicted molar refractivity (Wildman–Crippen MR) is 76.1 cm³/mol. The van der Waals surface area contributed by atoms with Crippen molar-refractivity contribution in [2.45, 2.75) is 0 Å². The maximum atomic E-state index is 12.0. The monoisotopic (exact) mass is 270 g/mol. The van der Waals surface area contributed by atoms with Crippen molar-refractivity contribution < 1.29 is 19.7 Å². The average Bonchev–Trinajstić information content (AvgIpc) is 2.45. The summed E-state index contributed by atoms with van der Waals surface area (Å²) in [5.74, 6) is -0.829. The molecule has 0 aliphatic carbocycles. The Morgan fingerprint density at radius 3 is 2.25 bits per heavy atom. The average molecular weight is 270 g/mol. The van der Waals surface area contributed by atoms with Crippen LogP contribution in [0.5, 0.6) is 17.2 Å². The van der Waals surface area contributed by atoms with Crippen molar-refractivity contribution in [1.82, 2.24) is 0 Å². The second-order valence-electron chi connectivity index (χ2n) is 4.15.